The molecule has 0 amide bonds. The fraction of sp³-hybridized carbons (Fsp3) is 0.391. The van der Waals surface area contributed by atoms with Crippen molar-refractivity contribution in [2.24, 2.45) is 0 Å². The maximum Gasteiger partial charge on any atom is 0.416 e. The third-order valence-electron chi connectivity index (χ3n) is 6.06. The highest BCUT2D eigenvalue weighted by atomic mass is 19.4. The molecule has 0 spiro atoms. The molecule has 0 saturated carbocycles. The lowest BCUT2D eigenvalue weighted by Crippen LogP contribution is -2.45. The van der Waals surface area contributed by atoms with Crippen molar-refractivity contribution in [3.8, 4) is 0 Å². The second-order valence-electron chi connectivity index (χ2n) is 8.06. The van der Waals surface area contributed by atoms with Gasteiger partial charge in [-0.2, -0.15) is 13.2 Å². The standard InChI is InChI=1S/C23H26F4N4/c1-16(19-15-18(28)5-7-21(19)30-8-2-3-9-30)29-10-12-31(13-11-29)22-6-4-17(14-20(22)24)23(25,26)27/h4-7,14-15H,1-3,8-13,28H2. The molecule has 31 heavy (non-hydrogen) atoms. The molecule has 0 aliphatic carbocycles. The quantitative estimate of drug-likeness (QED) is 0.553. The second-order valence-corrected chi connectivity index (χ2v) is 8.06. The highest BCUT2D eigenvalue weighted by molar-refractivity contribution is 5.78. The summed E-state index contributed by atoms with van der Waals surface area (Å²) in [5.74, 6) is -0.853. The topological polar surface area (TPSA) is 35.7 Å². The average molecular weight is 434 g/mol. The van der Waals surface area contributed by atoms with E-state index in [2.05, 4.69) is 16.4 Å². The van der Waals surface area contributed by atoms with Gasteiger partial charge in [-0.3, -0.25) is 0 Å². The maximum atomic E-state index is 14.4. The van der Waals surface area contributed by atoms with Crippen molar-refractivity contribution < 1.29 is 17.6 Å². The Balaban J connectivity index is 1.47. The summed E-state index contributed by atoms with van der Waals surface area (Å²) in [4.78, 5) is 6.25. The van der Waals surface area contributed by atoms with Crippen LogP contribution in [0.15, 0.2) is 43.0 Å². The van der Waals surface area contributed by atoms with Gasteiger partial charge in [0, 0.05) is 61.9 Å². The number of nitrogen functional groups attached to an aromatic ring is 1. The summed E-state index contributed by atoms with van der Waals surface area (Å²) in [5, 5.41) is 0. The van der Waals surface area contributed by atoms with Crippen molar-refractivity contribution in [3.63, 3.8) is 0 Å². The van der Waals surface area contributed by atoms with Gasteiger partial charge in [0.15, 0.2) is 0 Å². The first-order valence-electron chi connectivity index (χ1n) is 10.4. The van der Waals surface area contributed by atoms with E-state index in [0.29, 0.717) is 37.9 Å². The third-order valence-corrected chi connectivity index (χ3v) is 6.06. The number of piperazine rings is 1. The Bertz CT molecular complexity index is 959. The van der Waals surface area contributed by atoms with Gasteiger partial charge < -0.3 is 20.4 Å². The molecule has 2 aromatic rings. The molecule has 166 valence electrons. The predicted molar refractivity (Wildman–Crippen MR) is 117 cm³/mol. The van der Waals surface area contributed by atoms with Crippen LogP contribution in [0, 0.1) is 5.82 Å². The van der Waals surface area contributed by atoms with E-state index in [1.165, 1.54) is 6.07 Å². The number of nitrogens with two attached hydrogens (primary N) is 1. The summed E-state index contributed by atoms with van der Waals surface area (Å²) >= 11 is 0. The van der Waals surface area contributed by atoms with E-state index in [4.69, 9.17) is 5.73 Å². The number of alkyl halides is 3. The smallest absolute Gasteiger partial charge is 0.399 e. The zero-order valence-corrected chi connectivity index (χ0v) is 17.3. The van der Waals surface area contributed by atoms with Gasteiger partial charge in [-0.1, -0.05) is 6.58 Å². The van der Waals surface area contributed by atoms with Gasteiger partial charge in [0.1, 0.15) is 5.82 Å². The first kappa shape index (κ1) is 21.3. The molecule has 0 aromatic heterocycles. The van der Waals surface area contributed by atoms with Crippen LogP contribution in [0.1, 0.15) is 24.0 Å². The first-order chi connectivity index (χ1) is 14.7. The Morgan fingerprint density at radius 2 is 1.45 bits per heavy atom. The number of benzene rings is 2. The SMILES string of the molecule is C=C(c1cc(N)ccc1N1CCCC1)N1CCN(c2ccc(C(F)(F)F)cc2F)CC1. The molecule has 0 atom stereocenters. The minimum Gasteiger partial charge on any atom is -0.399 e. The van der Waals surface area contributed by atoms with Gasteiger partial charge in [-0.25, -0.2) is 4.39 Å². The van der Waals surface area contributed by atoms with Gasteiger partial charge in [-0.15, -0.1) is 0 Å². The molecule has 0 radical (unpaired) electrons. The normalized spacial score (nSPS) is 17.4. The minimum absolute atomic E-state index is 0.194. The largest absolute Gasteiger partial charge is 0.416 e. The van der Waals surface area contributed by atoms with Crippen LogP contribution in [0.5, 0.6) is 0 Å². The number of hydrogen-bond acceptors (Lipinski definition) is 4. The average Bonchev–Trinajstić information content (AvgIpc) is 3.27. The van der Waals surface area contributed by atoms with Gasteiger partial charge in [-0.05, 0) is 49.2 Å². The second kappa shape index (κ2) is 8.32. The molecule has 0 unspecified atom stereocenters. The van der Waals surface area contributed by atoms with Crippen molar-refractivity contribution in [3.05, 3.63) is 59.9 Å². The van der Waals surface area contributed by atoms with E-state index in [1.54, 1.807) is 4.90 Å². The number of anilines is 3. The van der Waals surface area contributed by atoms with Gasteiger partial charge in [0.05, 0.1) is 11.3 Å². The van der Waals surface area contributed by atoms with Crippen LogP contribution in [0.25, 0.3) is 5.70 Å². The predicted octanol–water partition coefficient (Wildman–Crippen LogP) is 4.82. The molecule has 4 nitrogen and oxygen atoms in total. The lowest BCUT2D eigenvalue weighted by atomic mass is 10.1. The fourth-order valence-electron chi connectivity index (χ4n) is 4.35. The summed E-state index contributed by atoms with van der Waals surface area (Å²) in [6.45, 7) is 8.47. The third kappa shape index (κ3) is 4.43. The number of rotatable bonds is 4. The van der Waals surface area contributed by atoms with E-state index in [0.717, 1.165) is 48.9 Å². The Morgan fingerprint density at radius 1 is 0.839 bits per heavy atom. The molecule has 4 rings (SSSR count). The Kier molecular flexibility index (Phi) is 5.73. The molecule has 2 aromatic carbocycles. The van der Waals surface area contributed by atoms with Crippen molar-refractivity contribution in [1.29, 1.82) is 0 Å². The summed E-state index contributed by atoms with van der Waals surface area (Å²) in [7, 11) is 0. The summed E-state index contributed by atoms with van der Waals surface area (Å²) in [6.07, 6.45) is -2.23. The Morgan fingerprint density at radius 3 is 2.06 bits per heavy atom. The molecular weight excluding hydrogens is 408 g/mol. The minimum atomic E-state index is -4.56. The van der Waals surface area contributed by atoms with Gasteiger partial charge in [0.25, 0.3) is 0 Å². The summed E-state index contributed by atoms with van der Waals surface area (Å²) in [5.41, 5.74) is 8.91. The van der Waals surface area contributed by atoms with E-state index in [9.17, 15) is 17.6 Å². The van der Waals surface area contributed by atoms with E-state index in [1.807, 2.05) is 18.2 Å². The van der Waals surface area contributed by atoms with Crippen LogP contribution >= 0.6 is 0 Å². The fourth-order valence-corrected chi connectivity index (χ4v) is 4.35. The van der Waals surface area contributed by atoms with Crippen LogP contribution in [0.3, 0.4) is 0 Å². The van der Waals surface area contributed by atoms with E-state index in [-0.39, 0.29) is 5.69 Å². The molecule has 2 N–H and O–H groups in total. The molecule has 2 aliphatic heterocycles. The molecule has 8 heteroatoms. The van der Waals surface area contributed by atoms with Crippen molar-refractivity contribution in [1.82, 2.24) is 4.90 Å². The van der Waals surface area contributed by atoms with Crippen LogP contribution < -0.4 is 15.5 Å². The molecular formula is C23H26F4N4. The first-order valence-corrected chi connectivity index (χ1v) is 10.4. The zero-order valence-electron chi connectivity index (χ0n) is 17.3. The van der Waals surface area contributed by atoms with Crippen molar-refractivity contribution in [2.75, 3.05) is 54.8 Å². The van der Waals surface area contributed by atoms with E-state index >= 15 is 0 Å². The van der Waals surface area contributed by atoms with Crippen LogP contribution in [0.4, 0.5) is 34.6 Å². The molecule has 2 fully saturated rings. The Labute approximate surface area is 179 Å². The van der Waals surface area contributed by atoms with Gasteiger partial charge in [0.2, 0.25) is 0 Å². The zero-order chi connectivity index (χ0) is 22.2. The number of nitrogens with zero attached hydrogens (tertiary/aromatic N) is 3. The van der Waals surface area contributed by atoms with Crippen LogP contribution in [-0.2, 0) is 6.18 Å². The van der Waals surface area contributed by atoms with Crippen molar-refractivity contribution >= 4 is 22.8 Å². The van der Waals surface area contributed by atoms with Crippen LogP contribution in [0.2, 0.25) is 0 Å². The summed E-state index contributed by atoms with van der Waals surface area (Å²) < 4.78 is 52.8. The highest BCUT2D eigenvalue weighted by Gasteiger charge is 2.32. The lowest BCUT2D eigenvalue weighted by molar-refractivity contribution is -0.137. The highest BCUT2D eigenvalue weighted by Crippen LogP contribution is 2.35. The number of hydrogen-bond donors (Lipinski definition) is 1. The Hall–Kier alpha value is -2.90. The molecule has 2 aliphatic rings. The van der Waals surface area contributed by atoms with Crippen molar-refractivity contribution in [2.45, 2.75) is 19.0 Å². The maximum absolute atomic E-state index is 14.4. The lowest BCUT2D eigenvalue weighted by Gasteiger charge is -2.39. The summed E-state index contributed by atoms with van der Waals surface area (Å²) in [6, 6.07) is 8.59. The number of halogens is 4. The monoisotopic (exact) mass is 434 g/mol. The van der Waals surface area contributed by atoms with E-state index < -0.39 is 17.6 Å². The van der Waals surface area contributed by atoms with Gasteiger partial charge >= 0.3 is 6.18 Å². The van der Waals surface area contributed by atoms with Crippen LogP contribution in [-0.4, -0.2) is 44.2 Å². The molecule has 2 heterocycles. The molecule has 2 saturated heterocycles. The molecule has 0 bridgehead atoms.